The third kappa shape index (κ3) is 5.44. The summed E-state index contributed by atoms with van der Waals surface area (Å²) in [7, 11) is 0. The Balaban J connectivity index is 1.86. The molecule has 7 heteroatoms. The number of carbonyl (C=O) groups is 1. The molecule has 0 saturated heterocycles. The number of halogens is 2. The van der Waals surface area contributed by atoms with Gasteiger partial charge in [0.25, 0.3) is 0 Å². The quantitative estimate of drug-likeness (QED) is 0.739. The summed E-state index contributed by atoms with van der Waals surface area (Å²) >= 11 is 12.0. The van der Waals surface area contributed by atoms with Crippen LogP contribution in [0.1, 0.15) is 63.7 Å². The lowest BCUT2D eigenvalue weighted by molar-refractivity contribution is -0.122. The third-order valence-corrected chi connectivity index (χ3v) is 4.63. The highest BCUT2D eigenvalue weighted by Gasteiger charge is 2.23. The van der Waals surface area contributed by atoms with Crippen LogP contribution in [0.15, 0.2) is 22.7 Å². The fourth-order valence-corrected chi connectivity index (χ4v) is 2.67. The number of rotatable bonds is 7. The Morgan fingerprint density at radius 3 is 2.60 bits per heavy atom. The molecule has 1 N–H and O–H groups in total. The van der Waals surface area contributed by atoms with Gasteiger partial charge in [-0.1, -0.05) is 48.3 Å². The molecule has 25 heavy (non-hydrogen) atoms. The summed E-state index contributed by atoms with van der Waals surface area (Å²) in [6.07, 6.45) is 1.60. The minimum Gasteiger partial charge on any atom is -0.347 e. The highest BCUT2D eigenvalue weighted by molar-refractivity contribution is 6.42. The van der Waals surface area contributed by atoms with Crippen LogP contribution in [0.25, 0.3) is 0 Å². The molecular formula is C18H23Cl2N3O2. The first-order valence-corrected chi connectivity index (χ1v) is 9.03. The summed E-state index contributed by atoms with van der Waals surface area (Å²) in [5.74, 6) is 1.45. The number of aromatic nitrogens is 2. The Bertz CT molecular complexity index is 742. The van der Waals surface area contributed by atoms with Crippen LogP contribution in [0.4, 0.5) is 0 Å². The minimum atomic E-state index is -0.541. The van der Waals surface area contributed by atoms with E-state index in [1.807, 2.05) is 33.8 Å². The molecular weight excluding hydrogens is 361 g/mol. The largest absolute Gasteiger partial charge is 0.347 e. The molecule has 0 saturated carbocycles. The van der Waals surface area contributed by atoms with Crippen molar-refractivity contribution < 1.29 is 9.32 Å². The molecule has 0 fully saturated rings. The van der Waals surface area contributed by atoms with Crippen LogP contribution >= 0.6 is 23.2 Å². The van der Waals surface area contributed by atoms with Crippen LogP contribution < -0.4 is 5.32 Å². The van der Waals surface area contributed by atoms with Crippen molar-refractivity contribution in [1.82, 2.24) is 15.5 Å². The molecule has 1 amide bonds. The molecule has 0 unspecified atom stereocenters. The second kappa shape index (κ2) is 8.19. The van der Waals surface area contributed by atoms with Crippen molar-refractivity contribution in [2.24, 2.45) is 0 Å². The van der Waals surface area contributed by atoms with E-state index in [0.29, 0.717) is 41.0 Å². The lowest BCUT2D eigenvalue weighted by atomic mass is 9.94. The lowest BCUT2D eigenvalue weighted by Gasteiger charge is -2.27. The molecule has 0 aliphatic carbocycles. The maximum absolute atomic E-state index is 12.3. The van der Waals surface area contributed by atoms with Gasteiger partial charge in [0.1, 0.15) is 0 Å². The fourth-order valence-electron chi connectivity index (χ4n) is 2.37. The summed E-state index contributed by atoms with van der Waals surface area (Å²) in [5, 5.41) is 7.90. The highest BCUT2D eigenvalue weighted by Crippen LogP contribution is 2.28. The summed E-state index contributed by atoms with van der Waals surface area (Å²) in [5.41, 5.74) is 0.356. The third-order valence-electron chi connectivity index (χ3n) is 3.89. The fraction of sp³-hybridized carbons (Fsp3) is 0.500. The number of benzene rings is 1. The second-order valence-electron chi connectivity index (χ2n) is 6.86. The predicted molar refractivity (Wildman–Crippen MR) is 99.0 cm³/mol. The average molecular weight is 384 g/mol. The van der Waals surface area contributed by atoms with Crippen molar-refractivity contribution in [3.8, 4) is 0 Å². The molecule has 1 heterocycles. The van der Waals surface area contributed by atoms with E-state index in [0.717, 1.165) is 5.56 Å². The van der Waals surface area contributed by atoms with Crippen LogP contribution in [0.3, 0.4) is 0 Å². The first kappa shape index (κ1) is 19.7. The van der Waals surface area contributed by atoms with Crippen LogP contribution in [-0.4, -0.2) is 16.0 Å². The SMILES string of the molecule is CC(C)c1noc(CCCC(=O)NC(C)(C)c2ccc(Cl)c(Cl)c2)n1. The highest BCUT2D eigenvalue weighted by atomic mass is 35.5. The van der Waals surface area contributed by atoms with Gasteiger partial charge in [0.15, 0.2) is 5.82 Å². The van der Waals surface area contributed by atoms with Gasteiger partial charge in [-0.3, -0.25) is 4.79 Å². The van der Waals surface area contributed by atoms with Crippen LogP contribution in [0.2, 0.25) is 10.0 Å². The van der Waals surface area contributed by atoms with Crippen molar-refractivity contribution in [3.05, 3.63) is 45.5 Å². The molecule has 2 rings (SSSR count). The first-order chi connectivity index (χ1) is 11.7. The van der Waals surface area contributed by atoms with Gasteiger partial charge >= 0.3 is 0 Å². The van der Waals surface area contributed by atoms with Gasteiger partial charge in [-0.05, 0) is 38.0 Å². The van der Waals surface area contributed by atoms with Gasteiger partial charge in [-0.2, -0.15) is 4.98 Å². The molecule has 0 aliphatic heterocycles. The van der Waals surface area contributed by atoms with E-state index >= 15 is 0 Å². The van der Waals surface area contributed by atoms with E-state index in [1.165, 1.54) is 0 Å². The Morgan fingerprint density at radius 2 is 2.00 bits per heavy atom. The Hall–Kier alpha value is -1.59. The van der Waals surface area contributed by atoms with Crippen molar-refractivity contribution in [2.45, 2.75) is 58.4 Å². The zero-order valence-electron chi connectivity index (χ0n) is 14.9. The number of aryl methyl sites for hydroxylation is 1. The molecule has 2 aromatic rings. The average Bonchev–Trinajstić information content (AvgIpc) is 2.98. The van der Waals surface area contributed by atoms with Gasteiger partial charge in [0.2, 0.25) is 11.8 Å². The summed E-state index contributed by atoms with van der Waals surface area (Å²) < 4.78 is 5.18. The van der Waals surface area contributed by atoms with Crippen molar-refractivity contribution >= 4 is 29.1 Å². The number of hydrogen-bond acceptors (Lipinski definition) is 4. The van der Waals surface area contributed by atoms with E-state index in [1.54, 1.807) is 12.1 Å². The Kier molecular flexibility index (Phi) is 6.47. The van der Waals surface area contributed by atoms with Gasteiger partial charge in [-0.25, -0.2) is 0 Å². The maximum atomic E-state index is 12.3. The molecule has 1 aromatic carbocycles. The predicted octanol–water partition coefficient (Wildman–Crippen LogP) is 4.87. The van der Waals surface area contributed by atoms with Crippen molar-refractivity contribution in [2.75, 3.05) is 0 Å². The molecule has 136 valence electrons. The number of nitrogens with zero attached hydrogens (tertiary/aromatic N) is 2. The topological polar surface area (TPSA) is 68.0 Å². The smallest absolute Gasteiger partial charge is 0.226 e. The van der Waals surface area contributed by atoms with E-state index < -0.39 is 5.54 Å². The molecule has 0 atom stereocenters. The Labute approximate surface area is 158 Å². The summed E-state index contributed by atoms with van der Waals surface area (Å²) in [6.45, 7) is 7.87. The summed E-state index contributed by atoms with van der Waals surface area (Å²) in [4.78, 5) is 16.6. The number of hydrogen-bond donors (Lipinski definition) is 1. The van der Waals surface area contributed by atoms with Crippen LogP contribution in [0.5, 0.6) is 0 Å². The molecule has 1 aromatic heterocycles. The second-order valence-corrected chi connectivity index (χ2v) is 7.67. The molecule has 0 radical (unpaired) electrons. The zero-order valence-corrected chi connectivity index (χ0v) is 16.4. The number of nitrogens with one attached hydrogen (secondary N) is 1. The van der Waals surface area contributed by atoms with Crippen molar-refractivity contribution in [1.29, 1.82) is 0 Å². The van der Waals surface area contributed by atoms with Crippen LogP contribution in [0, 0.1) is 0 Å². The van der Waals surface area contributed by atoms with E-state index in [2.05, 4.69) is 15.5 Å². The Morgan fingerprint density at radius 1 is 1.28 bits per heavy atom. The normalized spacial score (nSPS) is 11.8. The van der Waals surface area contributed by atoms with Gasteiger partial charge < -0.3 is 9.84 Å². The number of amides is 1. The number of carbonyl (C=O) groups excluding carboxylic acids is 1. The zero-order chi connectivity index (χ0) is 18.6. The van der Waals surface area contributed by atoms with E-state index in [-0.39, 0.29) is 11.8 Å². The lowest BCUT2D eigenvalue weighted by Crippen LogP contribution is -2.40. The van der Waals surface area contributed by atoms with E-state index in [4.69, 9.17) is 27.7 Å². The molecule has 5 nitrogen and oxygen atoms in total. The summed E-state index contributed by atoms with van der Waals surface area (Å²) in [6, 6.07) is 5.37. The molecule has 0 spiro atoms. The van der Waals surface area contributed by atoms with Crippen molar-refractivity contribution in [3.63, 3.8) is 0 Å². The van der Waals surface area contributed by atoms with E-state index in [9.17, 15) is 4.79 Å². The first-order valence-electron chi connectivity index (χ1n) is 8.28. The van der Waals surface area contributed by atoms with Crippen LogP contribution in [-0.2, 0) is 16.8 Å². The van der Waals surface area contributed by atoms with Gasteiger partial charge in [-0.15, -0.1) is 0 Å². The molecule has 0 bridgehead atoms. The van der Waals surface area contributed by atoms with Gasteiger partial charge in [0.05, 0.1) is 15.6 Å². The standard InChI is InChI=1S/C18H23Cl2N3O2/c1-11(2)17-21-16(25-23-17)7-5-6-15(24)22-18(3,4)12-8-9-13(19)14(20)10-12/h8-11H,5-7H2,1-4H3,(H,22,24). The molecule has 0 aliphatic rings. The monoisotopic (exact) mass is 383 g/mol. The minimum absolute atomic E-state index is 0.0420. The maximum Gasteiger partial charge on any atom is 0.226 e. The van der Waals surface area contributed by atoms with Gasteiger partial charge in [0, 0.05) is 18.8 Å².